The van der Waals surface area contributed by atoms with Gasteiger partial charge in [0.2, 0.25) is 4.96 Å². The molecule has 0 spiro atoms. The summed E-state index contributed by atoms with van der Waals surface area (Å²) in [5.41, 5.74) is 1.90. The van der Waals surface area contributed by atoms with Crippen molar-refractivity contribution in [2.75, 3.05) is 6.61 Å². The minimum Gasteiger partial charge on any atom is -0.494 e. The zero-order chi connectivity index (χ0) is 15.8. The number of aromatic nitrogens is 4. The van der Waals surface area contributed by atoms with Gasteiger partial charge in [0.15, 0.2) is 5.82 Å². The van der Waals surface area contributed by atoms with Gasteiger partial charge in [0.25, 0.3) is 0 Å². The zero-order valence-electron chi connectivity index (χ0n) is 12.7. The largest absolute Gasteiger partial charge is 0.494 e. The Kier molecular flexibility index (Phi) is 3.34. The highest BCUT2D eigenvalue weighted by Crippen LogP contribution is 2.30. The van der Waals surface area contributed by atoms with Crippen molar-refractivity contribution >= 4 is 16.3 Å². The second-order valence-electron chi connectivity index (χ2n) is 4.98. The van der Waals surface area contributed by atoms with Crippen LogP contribution >= 0.6 is 11.3 Å². The van der Waals surface area contributed by atoms with Crippen LogP contribution in [0, 0.1) is 6.92 Å². The van der Waals surface area contributed by atoms with Crippen molar-refractivity contribution in [2.24, 2.45) is 0 Å². The van der Waals surface area contributed by atoms with Gasteiger partial charge in [0.1, 0.15) is 16.5 Å². The van der Waals surface area contributed by atoms with E-state index in [9.17, 15) is 0 Å². The highest BCUT2D eigenvalue weighted by molar-refractivity contribution is 7.19. The third kappa shape index (κ3) is 2.39. The lowest BCUT2D eigenvalue weighted by Gasteiger charge is -2.03. The van der Waals surface area contributed by atoms with Gasteiger partial charge in [-0.15, -0.1) is 10.2 Å². The maximum atomic E-state index is 5.55. The van der Waals surface area contributed by atoms with Gasteiger partial charge in [0, 0.05) is 5.56 Å². The molecule has 0 amide bonds. The fourth-order valence-electron chi connectivity index (χ4n) is 2.40. The maximum Gasteiger partial charge on any atom is 0.235 e. The predicted octanol–water partition coefficient (Wildman–Crippen LogP) is 3.82. The van der Waals surface area contributed by atoms with Crippen LogP contribution < -0.4 is 4.74 Å². The Morgan fingerprint density at radius 3 is 2.96 bits per heavy atom. The Bertz CT molecular complexity index is 969. The molecule has 0 N–H and O–H groups in total. The molecule has 116 valence electrons. The molecule has 0 aliphatic carbocycles. The van der Waals surface area contributed by atoms with Gasteiger partial charge in [-0.1, -0.05) is 23.5 Å². The van der Waals surface area contributed by atoms with E-state index in [1.165, 1.54) is 11.3 Å². The van der Waals surface area contributed by atoms with Crippen molar-refractivity contribution in [3.63, 3.8) is 0 Å². The molecule has 3 aromatic heterocycles. The summed E-state index contributed by atoms with van der Waals surface area (Å²) in [5.74, 6) is 2.32. The van der Waals surface area contributed by atoms with Crippen molar-refractivity contribution in [1.29, 1.82) is 0 Å². The SMILES string of the molecule is CCOc1cccc(-c2nn3c(-c4ccoc4C)nnc3s2)c1. The number of benzene rings is 1. The lowest BCUT2D eigenvalue weighted by molar-refractivity contribution is 0.340. The van der Waals surface area contributed by atoms with Crippen LogP contribution in [0.3, 0.4) is 0 Å². The predicted molar refractivity (Wildman–Crippen MR) is 87.7 cm³/mol. The summed E-state index contributed by atoms with van der Waals surface area (Å²) in [6.07, 6.45) is 1.64. The summed E-state index contributed by atoms with van der Waals surface area (Å²) in [7, 11) is 0. The molecule has 0 radical (unpaired) electrons. The maximum absolute atomic E-state index is 5.55. The molecule has 1 aromatic carbocycles. The quantitative estimate of drug-likeness (QED) is 0.570. The Morgan fingerprint density at radius 1 is 1.26 bits per heavy atom. The average molecular weight is 326 g/mol. The normalized spacial score (nSPS) is 11.2. The van der Waals surface area contributed by atoms with Crippen molar-refractivity contribution in [1.82, 2.24) is 19.8 Å². The number of hydrogen-bond donors (Lipinski definition) is 0. The molecule has 3 heterocycles. The molecule has 23 heavy (non-hydrogen) atoms. The van der Waals surface area contributed by atoms with Crippen molar-refractivity contribution in [3.8, 4) is 27.7 Å². The van der Waals surface area contributed by atoms with Crippen molar-refractivity contribution in [3.05, 3.63) is 42.4 Å². The van der Waals surface area contributed by atoms with Crippen LogP contribution in [0.4, 0.5) is 0 Å². The first-order valence-corrected chi connectivity index (χ1v) is 8.08. The highest BCUT2D eigenvalue weighted by atomic mass is 32.1. The molecular formula is C16H14N4O2S. The summed E-state index contributed by atoms with van der Waals surface area (Å²) in [4.78, 5) is 0.748. The second-order valence-corrected chi connectivity index (χ2v) is 5.93. The van der Waals surface area contributed by atoms with Crippen molar-refractivity contribution < 1.29 is 9.15 Å². The van der Waals surface area contributed by atoms with Crippen molar-refractivity contribution in [2.45, 2.75) is 13.8 Å². The van der Waals surface area contributed by atoms with Gasteiger partial charge in [-0.3, -0.25) is 0 Å². The second kappa shape index (κ2) is 5.51. The van der Waals surface area contributed by atoms with E-state index in [4.69, 9.17) is 9.15 Å². The molecule has 0 fully saturated rings. The molecule has 4 aromatic rings. The summed E-state index contributed by atoms with van der Waals surface area (Å²) in [6.45, 7) is 4.50. The molecule has 0 saturated heterocycles. The average Bonchev–Trinajstić information content (AvgIpc) is 3.23. The first-order valence-electron chi connectivity index (χ1n) is 7.26. The van der Waals surface area contributed by atoms with Crippen LogP contribution in [-0.4, -0.2) is 26.4 Å². The zero-order valence-corrected chi connectivity index (χ0v) is 13.5. The molecule has 0 bridgehead atoms. The van der Waals surface area contributed by atoms with E-state index in [1.807, 2.05) is 44.2 Å². The van der Waals surface area contributed by atoms with E-state index in [2.05, 4.69) is 15.3 Å². The minimum atomic E-state index is 0.637. The first kappa shape index (κ1) is 14.0. The van der Waals surface area contributed by atoms with E-state index >= 15 is 0 Å². The number of furan rings is 1. The fourth-order valence-corrected chi connectivity index (χ4v) is 3.24. The number of aryl methyl sites for hydroxylation is 1. The number of hydrogen-bond acceptors (Lipinski definition) is 6. The molecule has 0 aliphatic rings. The summed E-state index contributed by atoms with van der Waals surface area (Å²) < 4.78 is 12.7. The van der Waals surface area contributed by atoms with Gasteiger partial charge in [0.05, 0.1) is 18.4 Å². The summed E-state index contributed by atoms with van der Waals surface area (Å²) in [6, 6.07) is 9.77. The number of nitrogens with zero attached hydrogens (tertiary/aromatic N) is 4. The van der Waals surface area contributed by atoms with E-state index in [0.717, 1.165) is 32.6 Å². The van der Waals surface area contributed by atoms with Crippen LogP contribution in [0.25, 0.3) is 26.9 Å². The molecule has 7 heteroatoms. The standard InChI is InChI=1S/C16H14N4O2S/c1-3-21-12-6-4-5-11(9-12)15-19-20-14(17-18-16(20)23-15)13-7-8-22-10(13)2/h4-9H,3H2,1-2H3. The Hall–Kier alpha value is -2.67. The van der Waals surface area contributed by atoms with Gasteiger partial charge in [-0.05, 0) is 32.0 Å². The number of rotatable bonds is 4. The molecular weight excluding hydrogens is 312 g/mol. The van der Waals surface area contributed by atoms with Crippen LogP contribution in [0.1, 0.15) is 12.7 Å². The van der Waals surface area contributed by atoms with Crippen LogP contribution in [-0.2, 0) is 0 Å². The minimum absolute atomic E-state index is 0.637. The Labute approximate surface area is 136 Å². The highest BCUT2D eigenvalue weighted by Gasteiger charge is 2.17. The van der Waals surface area contributed by atoms with E-state index < -0.39 is 0 Å². The van der Waals surface area contributed by atoms with Gasteiger partial charge in [-0.2, -0.15) is 9.61 Å². The lowest BCUT2D eigenvalue weighted by Crippen LogP contribution is -1.92. The molecule has 0 aliphatic heterocycles. The number of fused-ring (bicyclic) bond motifs is 1. The van der Waals surface area contributed by atoms with E-state index in [-0.39, 0.29) is 0 Å². The lowest BCUT2D eigenvalue weighted by atomic mass is 10.2. The molecule has 0 saturated carbocycles. The smallest absolute Gasteiger partial charge is 0.235 e. The van der Waals surface area contributed by atoms with Crippen LogP contribution in [0.5, 0.6) is 5.75 Å². The monoisotopic (exact) mass is 326 g/mol. The molecule has 4 rings (SSSR count). The van der Waals surface area contributed by atoms with Crippen LogP contribution in [0.2, 0.25) is 0 Å². The van der Waals surface area contributed by atoms with Gasteiger partial charge < -0.3 is 9.15 Å². The third-order valence-electron chi connectivity index (χ3n) is 3.48. The Morgan fingerprint density at radius 2 is 2.17 bits per heavy atom. The summed E-state index contributed by atoms with van der Waals surface area (Å²) >= 11 is 1.49. The van der Waals surface area contributed by atoms with E-state index in [1.54, 1.807) is 10.8 Å². The third-order valence-corrected chi connectivity index (χ3v) is 4.43. The van der Waals surface area contributed by atoms with Crippen LogP contribution in [0.15, 0.2) is 41.0 Å². The topological polar surface area (TPSA) is 65.5 Å². The van der Waals surface area contributed by atoms with E-state index in [0.29, 0.717) is 12.4 Å². The fraction of sp³-hybridized carbons (Fsp3) is 0.188. The first-order chi connectivity index (χ1) is 11.3. The molecule has 0 unspecified atom stereocenters. The summed E-state index contributed by atoms with van der Waals surface area (Å²) in [5, 5.41) is 14.0. The molecule has 6 nitrogen and oxygen atoms in total. The Balaban J connectivity index is 1.80. The van der Waals surface area contributed by atoms with Gasteiger partial charge in [-0.25, -0.2) is 0 Å². The molecule has 0 atom stereocenters. The number of ether oxygens (including phenoxy) is 1. The van der Waals surface area contributed by atoms with Gasteiger partial charge >= 0.3 is 0 Å².